The Hall–Kier alpha value is -5.94. The van der Waals surface area contributed by atoms with Gasteiger partial charge in [0.1, 0.15) is 11.5 Å². The van der Waals surface area contributed by atoms with Crippen molar-refractivity contribution in [3.05, 3.63) is 152 Å². The van der Waals surface area contributed by atoms with Gasteiger partial charge in [-0.25, -0.2) is 9.59 Å². The van der Waals surface area contributed by atoms with Crippen LogP contribution >= 0.6 is 0 Å². The molecule has 0 aliphatic carbocycles. The summed E-state index contributed by atoms with van der Waals surface area (Å²) in [5.41, 5.74) is 5.75. The van der Waals surface area contributed by atoms with E-state index in [1.807, 2.05) is 24.3 Å². The van der Waals surface area contributed by atoms with Crippen LogP contribution in [0.15, 0.2) is 147 Å². The number of esters is 2. The molecule has 214 valence electrons. The molecule has 0 heterocycles. The average molecular weight is 576 g/mol. The minimum atomic E-state index is -0.615. The van der Waals surface area contributed by atoms with Gasteiger partial charge in [-0.1, -0.05) is 85.5 Å². The van der Waals surface area contributed by atoms with Gasteiger partial charge in [0.05, 0.1) is 0 Å². The molecule has 6 aromatic carbocycles. The van der Waals surface area contributed by atoms with Gasteiger partial charge in [0, 0.05) is 35.3 Å². The summed E-state index contributed by atoms with van der Waals surface area (Å²) in [5.74, 6) is -0.771. The van der Waals surface area contributed by atoms with E-state index in [0.717, 1.165) is 40.2 Å². The SMILES string of the molecule is C=CC(=O)Oc1cc(OC(=O)C=C)cc(-c2ccc(N(c3ccc(C)cc3)c3ccc4c(ccc5ccccc54)c3)cc2)c1. The molecular formula is C39H29NO4. The second-order valence-corrected chi connectivity index (χ2v) is 10.4. The molecule has 0 saturated heterocycles. The predicted octanol–water partition coefficient (Wildman–Crippen LogP) is 9.62. The Morgan fingerprint density at radius 1 is 0.568 bits per heavy atom. The van der Waals surface area contributed by atoms with Gasteiger partial charge in [0.25, 0.3) is 0 Å². The van der Waals surface area contributed by atoms with Crippen molar-refractivity contribution in [2.24, 2.45) is 0 Å². The lowest BCUT2D eigenvalue weighted by atomic mass is 10.0. The van der Waals surface area contributed by atoms with Gasteiger partial charge in [-0.3, -0.25) is 0 Å². The quantitative estimate of drug-likeness (QED) is 0.0783. The minimum absolute atomic E-state index is 0.230. The van der Waals surface area contributed by atoms with Gasteiger partial charge in [-0.15, -0.1) is 0 Å². The van der Waals surface area contributed by atoms with Gasteiger partial charge in [-0.05, 0) is 88.1 Å². The van der Waals surface area contributed by atoms with Crippen LogP contribution in [0.4, 0.5) is 17.1 Å². The fraction of sp³-hybridized carbons (Fsp3) is 0.0256. The molecule has 0 amide bonds. The molecule has 6 aromatic rings. The van der Waals surface area contributed by atoms with E-state index >= 15 is 0 Å². The highest BCUT2D eigenvalue weighted by molar-refractivity contribution is 6.08. The number of hydrogen-bond donors (Lipinski definition) is 0. The van der Waals surface area contributed by atoms with Crippen LogP contribution in [0.2, 0.25) is 0 Å². The third kappa shape index (κ3) is 5.85. The molecule has 0 fully saturated rings. The van der Waals surface area contributed by atoms with Crippen molar-refractivity contribution in [3.63, 3.8) is 0 Å². The first-order valence-electron chi connectivity index (χ1n) is 14.1. The largest absolute Gasteiger partial charge is 0.423 e. The molecule has 0 spiro atoms. The van der Waals surface area contributed by atoms with E-state index in [9.17, 15) is 9.59 Å². The second kappa shape index (κ2) is 12.1. The summed E-state index contributed by atoms with van der Waals surface area (Å²) in [7, 11) is 0. The Kier molecular flexibility index (Phi) is 7.76. The van der Waals surface area contributed by atoms with E-state index in [2.05, 4.69) is 104 Å². The van der Waals surface area contributed by atoms with Crippen molar-refractivity contribution in [1.82, 2.24) is 0 Å². The van der Waals surface area contributed by atoms with Crippen LogP contribution in [0, 0.1) is 6.92 Å². The summed E-state index contributed by atoms with van der Waals surface area (Å²) < 4.78 is 10.7. The van der Waals surface area contributed by atoms with E-state index in [1.165, 1.54) is 27.8 Å². The zero-order valence-corrected chi connectivity index (χ0v) is 24.2. The van der Waals surface area contributed by atoms with Crippen LogP contribution in [0.25, 0.3) is 32.7 Å². The van der Waals surface area contributed by atoms with Gasteiger partial charge in [-0.2, -0.15) is 0 Å². The Balaban J connectivity index is 1.42. The maximum atomic E-state index is 11.9. The first-order chi connectivity index (χ1) is 21.4. The fourth-order valence-corrected chi connectivity index (χ4v) is 5.26. The summed E-state index contributed by atoms with van der Waals surface area (Å²) in [4.78, 5) is 26.0. The normalized spacial score (nSPS) is 10.8. The molecule has 0 saturated carbocycles. The highest BCUT2D eigenvalue weighted by Gasteiger charge is 2.15. The van der Waals surface area contributed by atoms with Crippen LogP contribution in [0.3, 0.4) is 0 Å². The molecule has 5 nitrogen and oxygen atoms in total. The first-order valence-corrected chi connectivity index (χ1v) is 14.1. The molecule has 0 aliphatic heterocycles. The third-order valence-corrected chi connectivity index (χ3v) is 7.39. The molecule has 0 radical (unpaired) electrons. The summed E-state index contributed by atoms with van der Waals surface area (Å²) >= 11 is 0. The Bertz CT molecular complexity index is 2000. The number of nitrogens with zero attached hydrogens (tertiary/aromatic N) is 1. The van der Waals surface area contributed by atoms with Crippen LogP contribution in [-0.4, -0.2) is 11.9 Å². The van der Waals surface area contributed by atoms with Crippen molar-refractivity contribution in [1.29, 1.82) is 0 Å². The molecule has 0 aliphatic rings. The Morgan fingerprint density at radius 2 is 1.11 bits per heavy atom. The molecule has 6 rings (SSSR count). The smallest absolute Gasteiger partial charge is 0.335 e. The van der Waals surface area contributed by atoms with Gasteiger partial charge >= 0.3 is 11.9 Å². The number of anilines is 3. The van der Waals surface area contributed by atoms with Crippen LogP contribution in [0.1, 0.15) is 5.56 Å². The number of hydrogen-bond acceptors (Lipinski definition) is 5. The highest BCUT2D eigenvalue weighted by atomic mass is 16.5. The topological polar surface area (TPSA) is 55.8 Å². The van der Waals surface area contributed by atoms with E-state index in [4.69, 9.17) is 9.47 Å². The number of carbonyl (C=O) groups is 2. The second-order valence-electron chi connectivity index (χ2n) is 10.4. The Morgan fingerprint density at radius 3 is 1.75 bits per heavy atom. The molecule has 0 atom stereocenters. The lowest BCUT2D eigenvalue weighted by Gasteiger charge is -2.26. The van der Waals surface area contributed by atoms with Gasteiger partial charge < -0.3 is 14.4 Å². The summed E-state index contributed by atoms with van der Waals surface area (Å²) in [6, 6.07) is 40.7. The summed E-state index contributed by atoms with van der Waals surface area (Å²) in [6.45, 7) is 8.98. The van der Waals surface area contributed by atoms with Crippen molar-refractivity contribution in [3.8, 4) is 22.6 Å². The van der Waals surface area contributed by atoms with Crippen molar-refractivity contribution >= 4 is 50.5 Å². The van der Waals surface area contributed by atoms with E-state index in [0.29, 0.717) is 5.56 Å². The highest BCUT2D eigenvalue weighted by Crippen LogP contribution is 2.39. The predicted molar refractivity (Wildman–Crippen MR) is 178 cm³/mol. The van der Waals surface area contributed by atoms with E-state index < -0.39 is 11.9 Å². The molecule has 5 heteroatoms. The monoisotopic (exact) mass is 575 g/mol. The Labute approximate surface area is 255 Å². The number of rotatable bonds is 8. The third-order valence-electron chi connectivity index (χ3n) is 7.39. The molecular weight excluding hydrogens is 546 g/mol. The van der Waals surface area contributed by atoms with E-state index in [1.54, 1.807) is 12.1 Å². The zero-order chi connectivity index (χ0) is 30.6. The van der Waals surface area contributed by atoms with E-state index in [-0.39, 0.29) is 11.5 Å². The average Bonchev–Trinajstić information content (AvgIpc) is 3.05. The summed E-state index contributed by atoms with van der Waals surface area (Å²) in [5, 5.41) is 4.80. The number of ether oxygens (including phenoxy) is 2. The van der Waals surface area contributed by atoms with Gasteiger partial charge in [0.15, 0.2) is 0 Å². The molecule has 0 bridgehead atoms. The summed E-state index contributed by atoms with van der Waals surface area (Å²) in [6.07, 6.45) is 2.15. The zero-order valence-electron chi connectivity index (χ0n) is 24.2. The van der Waals surface area contributed by atoms with Crippen LogP contribution in [0.5, 0.6) is 11.5 Å². The molecule has 0 unspecified atom stereocenters. The molecule has 0 N–H and O–H groups in total. The number of fused-ring (bicyclic) bond motifs is 3. The first kappa shape index (κ1) is 28.2. The van der Waals surface area contributed by atoms with Crippen molar-refractivity contribution in [2.75, 3.05) is 4.90 Å². The lowest BCUT2D eigenvalue weighted by Crippen LogP contribution is -2.10. The maximum absolute atomic E-state index is 11.9. The fourth-order valence-electron chi connectivity index (χ4n) is 5.26. The number of aryl methyl sites for hydroxylation is 1. The number of carbonyl (C=O) groups excluding carboxylic acids is 2. The molecule has 0 aromatic heterocycles. The van der Waals surface area contributed by atoms with Crippen molar-refractivity contribution < 1.29 is 19.1 Å². The minimum Gasteiger partial charge on any atom is -0.423 e. The number of benzene rings is 6. The maximum Gasteiger partial charge on any atom is 0.335 e. The van der Waals surface area contributed by atoms with Gasteiger partial charge in [0.2, 0.25) is 0 Å². The van der Waals surface area contributed by atoms with Crippen molar-refractivity contribution in [2.45, 2.75) is 6.92 Å². The standard InChI is InChI=1S/C39H29NO4/c1-4-38(41)43-34-23-30(24-35(25-34)44-39(42)5-2)27-14-18-32(19-15-27)40(31-16-10-26(3)11-17-31)33-20-21-37-29(22-33)13-12-28-8-6-7-9-36(28)37/h4-25H,1-2H2,3H3. The molecule has 44 heavy (non-hydrogen) atoms. The van der Waals surface area contributed by atoms with Crippen LogP contribution < -0.4 is 14.4 Å². The van der Waals surface area contributed by atoms with Crippen LogP contribution in [-0.2, 0) is 9.59 Å². The lowest BCUT2D eigenvalue weighted by molar-refractivity contribution is -0.129.